The number of hydrogen-bond acceptors (Lipinski definition) is 4. The average Bonchev–Trinajstić information content (AvgIpc) is 2.95. The molecule has 3 aromatic rings. The summed E-state index contributed by atoms with van der Waals surface area (Å²) in [5, 5.41) is 3.57. The van der Waals surface area contributed by atoms with Crippen molar-refractivity contribution in [1.82, 2.24) is 14.9 Å². The number of aromatic nitrogens is 2. The third-order valence-electron chi connectivity index (χ3n) is 4.37. The van der Waals surface area contributed by atoms with Crippen molar-refractivity contribution in [3.63, 3.8) is 0 Å². The Morgan fingerprint density at radius 3 is 2.73 bits per heavy atom. The summed E-state index contributed by atoms with van der Waals surface area (Å²) in [5.74, 6) is -0.143. The van der Waals surface area contributed by atoms with Crippen molar-refractivity contribution in [2.75, 3.05) is 0 Å². The molecule has 0 aliphatic rings. The fourth-order valence-electron chi connectivity index (χ4n) is 2.82. The van der Waals surface area contributed by atoms with Crippen molar-refractivity contribution in [3.05, 3.63) is 61.4 Å². The van der Waals surface area contributed by atoms with Gasteiger partial charge in [-0.05, 0) is 49.9 Å². The first kappa shape index (κ1) is 18.8. The van der Waals surface area contributed by atoms with Gasteiger partial charge in [-0.15, -0.1) is 11.3 Å². The quantitative estimate of drug-likeness (QED) is 0.664. The van der Waals surface area contributed by atoms with Gasteiger partial charge in [0.05, 0.1) is 16.6 Å². The lowest BCUT2D eigenvalue weighted by Crippen LogP contribution is -2.32. The molecule has 0 saturated heterocycles. The van der Waals surface area contributed by atoms with Crippen LogP contribution in [0.3, 0.4) is 0 Å². The van der Waals surface area contributed by atoms with Crippen LogP contribution >= 0.6 is 27.3 Å². The van der Waals surface area contributed by atoms with Gasteiger partial charge in [-0.3, -0.25) is 9.59 Å². The Bertz CT molecular complexity index is 1010. The van der Waals surface area contributed by atoms with Crippen molar-refractivity contribution < 1.29 is 4.79 Å². The SMILES string of the molecule is Cc1c(C(=O)NC(C)CCc2ccc(Br)cc2)sc2ncn(C)c(=O)c12. The normalized spacial score (nSPS) is 12.3. The summed E-state index contributed by atoms with van der Waals surface area (Å²) in [6.07, 6.45) is 3.22. The van der Waals surface area contributed by atoms with Crippen molar-refractivity contribution in [1.29, 1.82) is 0 Å². The van der Waals surface area contributed by atoms with E-state index in [-0.39, 0.29) is 17.5 Å². The summed E-state index contributed by atoms with van der Waals surface area (Å²) in [6, 6.07) is 8.23. The van der Waals surface area contributed by atoms with Gasteiger partial charge in [-0.25, -0.2) is 4.98 Å². The summed E-state index contributed by atoms with van der Waals surface area (Å²) in [6.45, 7) is 3.81. The first-order chi connectivity index (χ1) is 12.4. The molecule has 0 fully saturated rings. The van der Waals surface area contributed by atoms with Crippen LogP contribution < -0.4 is 10.9 Å². The van der Waals surface area contributed by atoms with Gasteiger partial charge in [0.25, 0.3) is 11.5 Å². The second-order valence-electron chi connectivity index (χ2n) is 6.44. The van der Waals surface area contributed by atoms with Crippen LogP contribution in [0, 0.1) is 6.92 Å². The Morgan fingerprint density at radius 1 is 1.35 bits per heavy atom. The molecule has 5 nitrogen and oxygen atoms in total. The van der Waals surface area contributed by atoms with E-state index in [1.807, 2.05) is 26.0 Å². The van der Waals surface area contributed by atoms with Crippen LogP contribution in [0.5, 0.6) is 0 Å². The molecule has 0 aliphatic carbocycles. The fourth-order valence-corrected chi connectivity index (χ4v) is 4.13. The first-order valence-electron chi connectivity index (χ1n) is 8.37. The van der Waals surface area contributed by atoms with Crippen LogP contribution in [0.4, 0.5) is 0 Å². The maximum Gasteiger partial charge on any atom is 0.262 e. The van der Waals surface area contributed by atoms with Gasteiger partial charge in [-0.2, -0.15) is 0 Å². The van der Waals surface area contributed by atoms with Gasteiger partial charge >= 0.3 is 0 Å². The van der Waals surface area contributed by atoms with Gasteiger partial charge < -0.3 is 9.88 Å². The number of thiophene rings is 1. The largest absolute Gasteiger partial charge is 0.349 e. The summed E-state index contributed by atoms with van der Waals surface area (Å²) in [7, 11) is 1.66. The Morgan fingerprint density at radius 2 is 2.04 bits per heavy atom. The minimum atomic E-state index is -0.143. The van der Waals surface area contributed by atoms with Gasteiger partial charge in [0.1, 0.15) is 4.83 Å². The van der Waals surface area contributed by atoms with E-state index in [1.165, 1.54) is 27.8 Å². The van der Waals surface area contributed by atoms with Crippen LogP contribution in [0.15, 0.2) is 39.9 Å². The van der Waals surface area contributed by atoms with E-state index in [1.54, 1.807) is 7.05 Å². The van der Waals surface area contributed by atoms with Gasteiger partial charge in [0, 0.05) is 17.6 Å². The zero-order valence-electron chi connectivity index (χ0n) is 14.9. The molecule has 0 saturated carbocycles. The molecular formula is C19H20BrN3O2S. The number of carbonyl (C=O) groups is 1. The molecule has 0 radical (unpaired) electrons. The third-order valence-corrected chi connectivity index (χ3v) is 6.10. The van der Waals surface area contributed by atoms with E-state index >= 15 is 0 Å². The summed E-state index contributed by atoms with van der Waals surface area (Å²) >= 11 is 4.70. The summed E-state index contributed by atoms with van der Waals surface area (Å²) in [4.78, 5) is 30.4. The van der Waals surface area contributed by atoms with Gasteiger partial charge in [-0.1, -0.05) is 28.1 Å². The predicted molar refractivity (Wildman–Crippen MR) is 109 cm³/mol. The van der Waals surface area contributed by atoms with Crippen molar-refractivity contribution in [2.24, 2.45) is 7.05 Å². The molecule has 1 N–H and O–H groups in total. The molecule has 136 valence electrons. The Hall–Kier alpha value is -1.99. The van der Waals surface area contributed by atoms with Crippen molar-refractivity contribution in [3.8, 4) is 0 Å². The standard InChI is InChI=1S/C19H20BrN3O2S/c1-11(4-5-13-6-8-14(20)9-7-13)22-17(24)16-12(2)15-18(26-16)21-10-23(3)19(15)25/h6-11H,4-5H2,1-3H3,(H,22,24). The number of hydrogen-bond donors (Lipinski definition) is 1. The number of rotatable bonds is 5. The molecule has 2 heterocycles. The lowest BCUT2D eigenvalue weighted by molar-refractivity contribution is 0.0942. The molecule has 0 bridgehead atoms. The highest BCUT2D eigenvalue weighted by atomic mass is 79.9. The maximum absolute atomic E-state index is 12.7. The van der Waals surface area contributed by atoms with Crippen LogP contribution in [-0.4, -0.2) is 21.5 Å². The van der Waals surface area contributed by atoms with Crippen LogP contribution in [0.2, 0.25) is 0 Å². The molecule has 2 aromatic heterocycles. The first-order valence-corrected chi connectivity index (χ1v) is 9.97. The zero-order valence-corrected chi connectivity index (χ0v) is 17.3. The number of benzene rings is 1. The molecule has 1 unspecified atom stereocenters. The number of nitrogens with zero attached hydrogens (tertiary/aromatic N) is 2. The summed E-state index contributed by atoms with van der Waals surface area (Å²) < 4.78 is 2.49. The number of amides is 1. The second kappa shape index (κ2) is 7.72. The fraction of sp³-hybridized carbons (Fsp3) is 0.316. The number of fused-ring (bicyclic) bond motifs is 1. The van der Waals surface area contributed by atoms with E-state index in [4.69, 9.17) is 0 Å². The Balaban J connectivity index is 1.70. The van der Waals surface area contributed by atoms with Crippen LogP contribution in [0.25, 0.3) is 10.2 Å². The zero-order chi connectivity index (χ0) is 18.8. The molecule has 0 spiro atoms. The molecule has 1 amide bonds. The van der Waals surface area contributed by atoms with Crippen molar-refractivity contribution in [2.45, 2.75) is 32.7 Å². The highest BCUT2D eigenvalue weighted by molar-refractivity contribution is 9.10. The van der Waals surface area contributed by atoms with Gasteiger partial charge in [0.2, 0.25) is 0 Å². The van der Waals surface area contributed by atoms with E-state index in [2.05, 4.69) is 38.4 Å². The van der Waals surface area contributed by atoms with E-state index < -0.39 is 0 Å². The number of aryl methyl sites for hydroxylation is 3. The van der Waals surface area contributed by atoms with E-state index in [0.29, 0.717) is 20.7 Å². The minimum absolute atomic E-state index is 0.0338. The minimum Gasteiger partial charge on any atom is -0.349 e. The predicted octanol–water partition coefficient (Wildman–Crippen LogP) is 3.82. The lowest BCUT2D eigenvalue weighted by Gasteiger charge is -2.13. The smallest absolute Gasteiger partial charge is 0.262 e. The second-order valence-corrected chi connectivity index (χ2v) is 8.35. The topological polar surface area (TPSA) is 64.0 Å². The molecular weight excluding hydrogens is 414 g/mol. The molecule has 26 heavy (non-hydrogen) atoms. The van der Waals surface area contributed by atoms with E-state index in [9.17, 15) is 9.59 Å². The monoisotopic (exact) mass is 433 g/mol. The molecule has 1 atom stereocenters. The van der Waals surface area contributed by atoms with Crippen molar-refractivity contribution >= 4 is 43.4 Å². The third kappa shape index (κ3) is 3.88. The number of halogens is 1. The molecule has 7 heteroatoms. The van der Waals surface area contributed by atoms with Crippen LogP contribution in [-0.2, 0) is 13.5 Å². The molecule has 1 aromatic carbocycles. The Labute approximate surface area is 164 Å². The molecule has 3 rings (SSSR count). The Kier molecular flexibility index (Phi) is 5.58. The molecule has 0 aliphatic heterocycles. The highest BCUT2D eigenvalue weighted by Gasteiger charge is 2.20. The van der Waals surface area contributed by atoms with Gasteiger partial charge in [0.15, 0.2) is 0 Å². The van der Waals surface area contributed by atoms with Crippen LogP contribution in [0.1, 0.15) is 34.1 Å². The lowest BCUT2D eigenvalue weighted by atomic mass is 10.1. The maximum atomic E-state index is 12.7. The average molecular weight is 434 g/mol. The van der Waals surface area contributed by atoms with E-state index in [0.717, 1.165) is 17.3 Å². The summed E-state index contributed by atoms with van der Waals surface area (Å²) in [5.41, 5.74) is 1.82. The highest BCUT2D eigenvalue weighted by Crippen LogP contribution is 2.26. The number of carbonyl (C=O) groups excluding carboxylic acids is 1. The number of nitrogens with one attached hydrogen (secondary N) is 1.